The van der Waals surface area contributed by atoms with Crippen molar-refractivity contribution in [2.24, 2.45) is 0 Å². The molecule has 2 N–H and O–H groups in total. The van der Waals surface area contributed by atoms with Gasteiger partial charge in [0.25, 0.3) is 0 Å². The SMILES string of the molecule is CC(C)c1nnc2sc(-c3cc(Cl)ccc3N)nn12. The molecule has 0 atom stereocenters. The first-order valence-corrected chi connectivity index (χ1v) is 7.03. The van der Waals surface area contributed by atoms with Gasteiger partial charge in [-0.3, -0.25) is 0 Å². The Hall–Kier alpha value is -1.66. The summed E-state index contributed by atoms with van der Waals surface area (Å²) in [7, 11) is 0. The molecule has 0 aliphatic rings. The van der Waals surface area contributed by atoms with Gasteiger partial charge in [0.05, 0.1) is 0 Å². The number of fused-ring (bicyclic) bond motifs is 1. The van der Waals surface area contributed by atoms with Crippen molar-refractivity contribution in [1.29, 1.82) is 0 Å². The van der Waals surface area contributed by atoms with Crippen molar-refractivity contribution in [2.75, 3.05) is 5.73 Å². The quantitative estimate of drug-likeness (QED) is 0.737. The van der Waals surface area contributed by atoms with E-state index in [4.69, 9.17) is 17.3 Å². The molecule has 0 aliphatic carbocycles. The molecule has 0 fully saturated rings. The van der Waals surface area contributed by atoms with Crippen LogP contribution in [0.5, 0.6) is 0 Å². The van der Waals surface area contributed by atoms with Gasteiger partial charge in [-0.05, 0) is 18.2 Å². The number of rotatable bonds is 2. The summed E-state index contributed by atoms with van der Waals surface area (Å²) >= 11 is 7.46. The van der Waals surface area contributed by atoms with E-state index in [1.54, 1.807) is 16.6 Å². The molecule has 19 heavy (non-hydrogen) atoms. The van der Waals surface area contributed by atoms with Crippen LogP contribution < -0.4 is 5.73 Å². The van der Waals surface area contributed by atoms with Gasteiger partial charge in [-0.15, -0.1) is 10.2 Å². The Bertz CT molecular complexity index is 746. The smallest absolute Gasteiger partial charge is 0.234 e. The number of nitrogens with zero attached hydrogens (tertiary/aromatic N) is 4. The number of nitrogen functional groups attached to an aromatic ring is 1. The van der Waals surface area contributed by atoms with E-state index in [0.717, 1.165) is 21.4 Å². The third kappa shape index (κ3) is 2.06. The van der Waals surface area contributed by atoms with E-state index in [0.29, 0.717) is 10.7 Å². The second-order valence-corrected chi connectivity index (χ2v) is 5.94. The minimum atomic E-state index is 0.265. The van der Waals surface area contributed by atoms with Crippen LogP contribution in [0.1, 0.15) is 25.6 Å². The van der Waals surface area contributed by atoms with Crippen molar-refractivity contribution in [3.05, 3.63) is 29.0 Å². The Morgan fingerprint density at radius 1 is 1.32 bits per heavy atom. The molecule has 5 nitrogen and oxygen atoms in total. The normalized spacial score (nSPS) is 11.6. The topological polar surface area (TPSA) is 69.1 Å². The van der Waals surface area contributed by atoms with Gasteiger partial charge in [-0.25, -0.2) is 0 Å². The Balaban J connectivity index is 2.18. The van der Waals surface area contributed by atoms with Crippen LogP contribution in [0.4, 0.5) is 5.69 Å². The minimum Gasteiger partial charge on any atom is -0.398 e. The van der Waals surface area contributed by atoms with Gasteiger partial charge in [0.15, 0.2) is 5.82 Å². The Labute approximate surface area is 119 Å². The van der Waals surface area contributed by atoms with Crippen LogP contribution in [-0.2, 0) is 0 Å². The third-order valence-corrected chi connectivity index (χ3v) is 3.94. The van der Waals surface area contributed by atoms with E-state index in [2.05, 4.69) is 29.1 Å². The van der Waals surface area contributed by atoms with Crippen molar-refractivity contribution < 1.29 is 0 Å². The molecule has 7 heteroatoms. The van der Waals surface area contributed by atoms with Crippen molar-refractivity contribution in [3.63, 3.8) is 0 Å². The number of hydrogen-bond donors (Lipinski definition) is 1. The summed E-state index contributed by atoms with van der Waals surface area (Å²) in [6.45, 7) is 4.12. The molecule has 0 radical (unpaired) electrons. The van der Waals surface area contributed by atoms with E-state index in [-0.39, 0.29) is 5.92 Å². The van der Waals surface area contributed by atoms with Gasteiger partial charge in [0, 0.05) is 22.2 Å². The fraction of sp³-hybridized carbons (Fsp3) is 0.250. The zero-order valence-electron chi connectivity index (χ0n) is 10.5. The van der Waals surface area contributed by atoms with Crippen LogP contribution in [-0.4, -0.2) is 19.8 Å². The van der Waals surface area contributed by atoms with Gasteiger partial charge in [0.1, 0.15) is 5.01 Å². The largest absolute Gasteiger partial charge is 0.398 e. The molecular formula is C12H12ClN5S. The zero-order chi connectivity index (χ0) is 13.6. The van der Waals surface area contributed by atoms with Gasteiger partial charge in [-0.2, -0.15) is 9.61 Å². The standard InChI is InChI=1S/C12H12ClN5S/c1-6(2)10-15-16-12-18(10)17-11(19-12)8-5-7(13)3-4-9(8)14/h3-6H,14H2,1-2H3. The van der Waals surface area contributed by atoms with E-state index in [9.17, 15) is 0 Å². The van der Waals surface area contributed by atoms with E-state index in [1.165, 1.54) is 11.3 Å². The van der Waals surface area contributed by atoms with Gasteiger partial charge in [0.2, 0.25) is 4.96 Å². The minimum absolute atomic E-state index is 0.265. The second kappa shape index (κ2) is 4.47. The van der Waals surface area contributed by atoms with E-state index < -0.39 is 0 Å². The third-order valence-electron chi connectivity index (χ3n) is 2.78. The van der Waals surface area contributed by atoms with Gasteiger partial charge in [-0.1, -0.05) is 36.8 Å². The number of aromatic nitrogens is 4. The zero-order valence-corrected chi connectivity index (χ0v) is 12.0. The van der Waals surface area contributed by atoms with Crippen molar-refractivity contribution in [3.8, 4) is 10.6 Å². The molecule has 0 unspecified atom stereocenters. The highest BCUT2D eigenvalue weighted by Gasteiger charge is 2.16. The average Bonchev–Trinajstić information content (AvgIpc) is 2.91. The van der Waals surface area contributed by atoms with Crippen LogP contribution in [0.15, 0.2) is 18.2 Å². The lowest BCUT2D eigenvalue weighted by atomic mass is 10.2. The summed E-state index contributed by atoms with van der Waals surface area (Å²) in [6.07, 6.45) is 0. The molecule has 0 bridgehead atoms. The first-order chi connectivity index (χ1) is 9.06. The molecule has 2 aromatic heterocycles. The lowest BCUT2D eigenvalue weighted by molar-refractivity contribution is 0.727. The highest BCUT2D eigenvalue weighted by atomic mass is 35.5. The van der Waals surface area contributed by atoms with Crippen LogP contribution in [0.3, 0.4) is 0 Å². The summed E-state index contributed by atoms with van der Waals surface area (Å²) < 4.78 is 1.77. The van der Waals surface area contributed by atoms with E-state index >= 15 is 0 Å². The van der Waals surface area contributed by atoms with Gasteiger partial charge < -0.3 is 5.73 Å². The van der Waals surface area contributed by atoms with Crippen LogP contribution in [0, 0.1) is 0 Å². The highest BCUT2D eigenvalue weighted by molar-refractivity contribution is 7.19. The van der Waals surface area contributed by atoms with Crippen LogP contribution >= 0.6 is 22.9 Å². The molecule has 3 aromatic rings. The Morgan fingerprint density at radius 3 is 2.84 bits per heavy atom. The summed E-state index contributed by atoms with van der Waals surface area (Å²) in [5, 5.41) is 14.2. The molecule has 0 amide bonds. The summed E-state index contributed by atoms with van der Waals surface area (Å²) in [4.78, 5) is 0.762. The van der Waals surface area contributed by atoms with E-state index in [1.807, 2.05) is 6.07 Å². The fourth-order valence-corrected chi connectivity index (χ4v) is 2.87. The Morgan fingerprint density at radius 2 is 2.11 bits per heavy atom. The fourth-order valence-electron chi connectivity index (χ4n) is 1.81. The lowest BCUT2D eigenvalue weighted by Gasteiger charge is -2.02. The van der Waals surface area contributed by atoms with Crippen molar-refractivity contribution in [2.45, 2.75) is 19.8 Å². The summed E-state index contributed by atoms with van der Waals surface area (Å²) in [5.41, 5.74) is 7.46. The monoisotopic (exact) mass is 293 g/mol. The van der Waals surface area contributed by atoms with Crippen LogP contribution in [0.2, 0.25) is 5.02 Å². The molecule has 0 spiro atoms. The summed E-state index contributed by atoms with van der Waals surface area (Å²) in [5.74, 6) is 1.11. The predicted molar refractivity (Wildman–Crippen MR) is 77.6 cm³/mol. The molecule has 1 aromatic carbocycles. The number of anilines is 1. The maximum atomic E-state index is 6.01. The number of nitrogens with two attached hydrogens (primary N) is 1. The average molecular weight is 294 g/mol. The highest BCUT2D eigenvalue weighted by Crippen LogP contribution is 2.32. The number of hydrogen-bond acceptors (Lipinski definition) is 5. The number of benzene rings is 1. The number of halogens is 1. The molecular weight excluding hydrogens is 282 g/mol. The predicted octanol–water partition coefficient (Wildman–Crippen LogP) is 3.21. The van der Waals surface area contributed by atoms with Crippen LogP contribution in [0.25, 0.3) is 15.5 Å². The Kier molecular flexibility index (Phi) is 2.91. The first kappa shape index (κ1) is 12.4. The molecule has 2 heterocycles. The lowest BCUT2D eigenvalue weighted by Crippen LogP contribution is -1.98. The molecule has 0 saturated heterocycles. The van der Waals surface area contributed by atoms with Crippen molar-refractivity contribution >= 4 is 33.6 Å². The van der Waals surface area contributed by atoms with Crippen molar-refractivity contribution in [1.82, 2.24) is 19.8 Å². The molecule has 3 rings (SSSR count). The first-order valence-electron chi connectivity index (χ1n) is 5.84. The molecule has 0 saturated carbocycles. The second-order valence-electron chi connectivity index (χ2n) is 4.55. The maximum Gasteiger partial charge on any atom is 0.234 e. The molecule has 0 aliphatic heterocycles. The summed E-state index contributed by atoms with van der Waals surface area (Å²) in [6, 6.07) is 5.36. The van der Waals surface area contributed by atoms with Gasteiger partial charge >= 0.3 is 0 Å². The molecule has 98 valence electrons. The maximum absolute atomic E-state index is 6.01.